The van der Waals surface area contributed by atoms with E-state index in [2.05, 4.69) is 4.74 Å². The van der Waals surface area contributed by atoms with Crippen LogP contribution in [0.2, 0.25) is 0 Å². The Morgan fingerprint density at radius 1 is 0.917 bits per heavy atom. The molecule has 2 rings (SSSR count). The van der Waals surface area contributed by atoms with Crippen molar-refractivity contribution in [3.05, 3.63) is 58.7 Å². The molecule has 0 aliphatic carbocycles. The van der Waals surface area contributed by atoms with E-state index in [1.807, 2.05) is 0 Å². The average molecular weight is 539 g/mol. The Morgan fingerprint density at radius 3 is 1.97 bits per heavy atom. The third-order valence-corrected chi connectivity index (χ3v) is 5.94. The van der Waals surface area contributed by atoms with E-state index in [1.54, 1.807) is 26.0 Å². The van der Waals surface area contributed by atoms with Crippen molar-refractivity contribution in [3.8, 4) is 0 Å². The lowest BCUT2D eigenvalue weighted by Gasteiger charge is -2.31. The molecule has 13 heteroatoms. The van der Waals surface area contributed by atoms with E-state index in [9.17, 15) is 45.1 Å². The second-order valence-corrected chi connectivity index (χ2v) is 8.78. The van der Waals surface area contributed by atoms with Crippen LogP contribution in [-0.4, -0.2) is 43.0 Å². The number of alkyl halides is 7. The van der Waals surface area contributed by atoms with Gasteiger partial charge in [0.2, 0.25) is 5.91 Å². The number of aryl methyl sites for hydroxylation is 1. The van der Waals surface area contributed by atoms with Gasteiger partial charge in [-0.2, -0.15) is 26.3 Å². The summed E-state index contributed by atoms with van der Waals surface area (Å²) in [6.45, 7) is 4.44. The number of hydrogen-bond acceptors (Lipinski definition) is 5. The van der Waals surface area contributed by atoms with Crippen LogP contribution in [0.25, 0.3) is 0 Å². The van der Waals surface area contributed by atoms with E-state index in [4.69, 9.17) is 0 Å². The zero-order chi connectivity index (χ0) is 27.6. The molecule has 0 atom stereocenters. The molecule has 2 aromatic rings. The summed E-state index contributed by atoms with van der Waals surface area (Å²) in [7, 11) is 0.769. The molecular formula is C23H20F7NO4S. The summed E-state index contributed by atoms with van der Waals surface area (Å²) < 4.78 is 98.6. The number of esters is 1. The molecule has 2 amide bonds. The summed E-state index contributed by atoms with van der Waals surface area (Å²) in [4.78, 5) is 39.0. The van der Waals surface area contributed by atoms with E-state index < -0.39 is 52.6 Å². The fourth-order valence-electron chi connectivity index (χ4n) is 3.33. The average Bonchev–Trinajstić information content (AvgIpc) is 2.76. The zero-order valence-corrected chi connectivity index (χ0v) is 20.1. The van der Waals surface area contributed by atoms with Gasteiger partial charge in [0.25, 0.3) is 5.91 Å². The molecule has 0 bridgehead atoms. The van der Waals surface area contributed by atoms with Crippen LogP contribution in [0.3, 0.4) is 0 Å². The van der Waals surface area contributed by atoms with Gasteiger partial charge in [0, 0.05) is 17.4 Å². The molecule has 36 heavy (non-hydrogen) atoms. The van der Waals surface area contributed by atoms with Crippen LogP contribution in [0, 0.1) is 6.92 Å². The number of benzene rings is 2. The molecule has 0 aromatic heterocycles. The van der Waals surface area contributed by atoms with Crippen molar-refractivity contribution in [2.24, 2.45) is 0 Å². The van der Waals surface area contributed by atoms with Gasteiger partial charge in [0.05, 0.1) is 23.9 Å². The van der Waals surface area contributed by atoms with Gasteiger partial charge in [-0.15, -0.1) is 11.8 Å². The Bertz CT molecular complexity index is 1160. The number of thioether (sulfide) groups is 1. The van der Waals surface area contributed by atoms with Crippen molar-refractivity contribution >= 4 is 35.2 Å². The first-order chi connectivity index (χ1) is 16.5. The highest BCUT2D eigenvalue weighted by Gasteiger charge is 2.73. The molecule has 0 radical (unpaired) electrons. The van der Waals surface area contributed by atoms with Gasteiger partial charge in [0.1, 0.15) is 0 Å². The summed E-state index contributed by atoms with van der Waals surface area (Å²) >= 11 is 1.24. The van der Waals surface area contributed by atoms with Gasteiger partial charge >= 0.3 is 24.0 Å². The maximum Gasteiger partial charge on any atom is 0.435 e. The number of imide groups is 1. The van der Waals surface area contributed by atoms with Crippen LogP contribution in [0.1, 0.15) is 45.7 Å². The Kier molecular flexibility index (Phi) is 8.49. The molecule has 0 saturated heterocycles. The first kappa shape index (κ1) is 29.1. The van der Waals surface area contributed by atoms with Crippen LogP contribution < -0.4 is 4.90 Å². The third kappa shape index (κ3) is 5.35. The summed E-state index contributed by atoms with van der Waals surface area (Å²) in [5.74, 6) is -2.98. The van der Waals surface area contributed by atoms with Crippen molar-refractivity contribution in [2.75, 3.05) is 17.8 Å². The van der Waals surface area contributed by atoms with Crippen LogP contribution in [0.15, 0.2) is 41.3 Å². The molecule has 0 N–H and O–H groups in total. The standard InChI is InChI=1S/C23H20F7NO4S/c1-5-36-18-10-12(2)6-8-15(18)19(33)31(13(3)32)17-9-7-14(11-16(17)20(34)35-4)21(24,22(25,26)27)23(28,29)30/h6-11H,5H2,1-4H3. The van der Waals surface area contributed by atoms with E-state index in [1.165, 1.54) is 17.8 Å². The monoisotopic (exact) mass is 539 g/mol. The van der Waals surface area contributed by atoms with E-state index >= 15 is 0 Å². The lowest BCUT2D eigenvalue weighted by atomic mass is 9.91. The molecule has 0 aliphatic rings. The minimum absolute atomic E-state index is 0.00652. The smallest absolute Gasteiger partial charge is 0.435 e. The first-order valence-corrected chi connectivity index (χ1v) is 11.1. The number of halogens is 7. The number of carbonyl (C=O) groups is 3. The van der Waals surface area contributed by atoms with Crippen LogP contribution in [0.4, 0.5) is 36.4 Å². The van der Waals surface area contributed by atoms with Crippen molar-refractivity contribution < 1.29 is 49.9 Å². The number of methoxy groups -OCH3 is 1. The van der Waals surface area contributed by atoms with E-state index in [0.717, 1.165) is 19.6 Å². The predicted octanol–water partition coefficient (Wildman–Crippen LogP) is 6.38. The number of carbonyl (C=O) groups excluding carboxylic acids is 3. The number of nitrogens with zero attached hydrogens (tertiary/aromatic N) is 1. The molecule has 0 heterocycles. The molecule has 5 nitrogen and oxygen atoms in total. The minimum Gasteiger partial charge on any atom is -0.465 e. The summed E-state index contributed by atoms with van der Waals surface area (Å²) in [5.41, 5.74) is -8.77. The third-order valence-electron chi connectivity index (χ3n) is 5.01. The van der Waals surface area contributed by atoms with Crippen LogP contribution >= 0.6 is 11.8 Å². The number of amides is 2. The molecule has 2 aromatic carbocycles. The zero-order valence-electron chi connectivity index (χ0n) is 19.3. The van der Waals surface area contributed by atoms with Crippen molar-refractivity contribution in [2.45, 2.75) is 43.7 Å². The highest BCUT2D eigenvalue weighted by atomic mass is 32.2. The molecule has 0 aliphatic heterocycles. The second-order valence-electron chi connectivity index (χ2n) is 7.47. The normalized spacial score (nSPS) is 12.3. The Morgan fingerprint density at radius 2 is 1.50 bits per heavy atom. The maximum atomic E-state index is 14.6. The van der Waals surface area contributed by atoms with Gasteiger partial charge in [-0.1, -0.05) is 19.1 Å². The van der Waals surface area contributed by atoms with Crippen molar-refractivity contribution in [1.82, 2.24) is 0 Å². The number of hydrogen-bond donors (Lipinski definition) is 0. The fraction of sp³-hybridized carbons (Fsp3) is 0.348. The van der Waals surface area contributed by atoms with Gasteiger partial charge in [-0.25, -0.2) is 14.1 Å². The molecular weight excluding hydrogens is 519 g/mol. The quantitative estimate of drug-likeness (QED) is 0.242. The highest BCUT2D eigenvalue weighted by molar-refractivity contribution is 7.99. The van der Waals surface area contributed by atoms with E-state index in [-0.39, 0.29) is 17.7 Å². The molecule has 0 fully saturated rings. The Hall–Kier alpha value is -3.09. The molecule has 0 unspecified atom stereocenters. The fourth-order valence-corrected chi connectivity index (χ4v) is 4.22. The van der Waals surface area contributed by atoms with Crippen LogP contribution in [0.5, 0.6) is 0 Å². The minimum atomic E-state index is -6.44. The molecule has 0 saturated carbocycles. The number of ether oxygens (including phenoxy) is 1. The lowest BCUT2D eigenvalue weighted by molar-refractivity contribution is -0.348. The van der Waals surface area contributed by atoms with E-state index in [0.29, 0.717) is 21.6 Å². The molecule has 196 valence electrons. The lowest BCUT2D eigenvalue weighted by Crippen LogP contribution is -2.50. The SMILES string of the molecule is CCSc1cc(C)ccc1C(=O)N(C(C)=O)c1ccc(C(F)(C(F)(F)F)C(F)(F)F)cc1C(=O)OC. The summed E-state index contributed by atoms with van der Waals surface area (Å²) in [6, 6.07) is 5.14. The summed E-state index contributed by atoms with van der Waals surface area (Å²) in [6.07, 6.45) is -12.9. The molecule has 0 spiro atoms. The predicted molar refractivity (Wildman–Crippen MR) is 118 cm³/mol. The number of anilines is 1. The largest absolute Gasteiger partial charge is 0.465 e. The van der Waals surface area contributed by atoms with Crippen molar-refractivity contribution in [3.63, 3.8) is 0 Å². The van der Waals surface area contributed by atoms with Gasteiger partial charge in [-0.3, -0.25) is 9.59 Å². The van der Waals surface area contributed by atoms with Crippen molar-refractivity contribution in [1.29, 1.82) is 0 Å². The second kappa shape index (κ2) is 10.5. The Labute approximate surface area is 205 Å². The van der Waals surface area contributed by atoms with Gasteiger partial charge in [0.15, 0.2) is 0 Å². The highest BCUT2D eigenvalue weighted by Crippen LogP contribution is 2.53. The van der Waals surface area contributed by atoms with Gasteiger partial charge < -0.3 is 4.74 Å². The topological polar surface area (TPSA) is 63.7 Å². The first-order valence-electron chi connectivity index (χ1n) is 10.1. The number of rotatable bonds is 6. The van der Waals surface area contributed by atoms with Crippen LogP contribution in [-0.2, 0) is 15.2 Å². The Balaban J connectivity index is 2.82. The summed E-state index contributed by atoms with van der Waals surface area (Å²) in [5, 5.41) is 0. The van der Waals surface area contributed by atoms with Gasteiger partial charge in [-0.05, 0) is 42.5 Å². The maximum absolute atomic E-state index is 14.6.